The van der Waals surface area contributed by atoms with Crippen molar-refractivity contribution in [3.05, 3.63) is 52.5 Å². The van der Waals surface area contributed by atoms with Crippen LogP contribution in [0.25, 0.3) is 0 Å². The van der Waals surface area contributed by atoms with Gasteiger partial charge in [-0.25, -0.2) is 0 Å². The number of carbonyl (C=O) groups is 1. The number of alkyl halides is 3. The molecule has 0 saturated carbocycles. The van der Waals surface area contributed by atoms with Crippen LogP contribution in [-0.4, -0.2) is 12.7 Å². The average molecular weight is 358 g/mol. The van der Waals surface area contributed by atoms with Gasteiger partial charge in [0.15, 0.2) is 11.5 Å². The summed E-state index contributed by atoms with van der Waals surface area (Å²) in [5.41, 5.74) is -0.244. The quantitative estimate of drug-likeness (QED) is 0.892. The van der Waals surface area contributed by atoms with Crippen LogP contribution in [0.15, 0.2) is 36.4 Å². The lowest BCUT2D eigenvalue weighted by Gasteiger charge is -2.10. The van der Waals surface area contributed by atoms with E-state index in [1.807, 2.05) is 0 Å². The molecule has 1 amide bonds. The second-order valence-electron chi connectivity index (χ2n) is 5.11. The summed E-state index contributed by atoms with van der Waals surface area (Å²) >= 11 is 6.04. The highest BCUT2D eigenvalue weighted by Crippen LogP contribution is 2.39. The molecule has 0 bridgehead atoms. The lowest BCUT2D eigenvalue weighted by atomic mass is 10.1. The molecule has 3 rings (SSSR count). The summed E-state index contributed by atoms with van der Waals surface area (Å²) in [6, 6.07) is 7.63. The lowest BCUT2D eigenvalue weighted by molar-refractivity contribution is -0.137. The van der Waals surface area contributed by atoms with Gasteiger partial charge < -0.3 is 14.8 Å². The number of ether oxygens (including phenoxy) is 2. The van der Waals surface area contributed by atoms with Crippen molar-refractivity contribution in [1.29, 1.82) is 0 Å². The van der Waals surface area contributed by atoms with Crippen LogP contribution in [0.2, 0.25) is 5.02 Å². The number of benzene rings is 2. The van der Waals surface area contributed by atoms with Crippen molar-refractivity contribution >= 4 is 23.2 Å². The molecule has 2 aromatic rings. The Morgan fingerprint density at radius 1 is 1.17 bits per heavy atom. The number of hydrogen-bond acceptors (Lipinski definition) is 3. The predicted octanol–water partition coefficient (Wildman–Crippen LogP) is 4.27. The van der Waals surface area contributed by atoms with Gasteiger partial charge in [0, 0.05) is 12.1 Å². The van der Waals surface area contributed by atoms with Crippen molar-refractivity contribution in [2.75, 3.05) is 12.1 Å². The highest BCUT2D eigenvalue weighted by Gasteiger charge is 2.30. The molecule has 24 heavy (non-hydrogen) atoms. The molecule has 0 fully saturated rings. The minimum absolute atomic E-state index is 0.0628. The van der Waals surface area contributed by atoms with Crippen LogP contribution in [0.5, 0.6) is 11.5 Å². The molecular weight excluding hydrogens is 347 g/mol. The maximum absolute atomic E-state index is 12.7. The first kappa shape index (κ1) is 16.4. The summed E-state index contributed by atoms with van der Waals surface area (Å²) in [5.74, 6) is 0.416. The summed E-state index contributed by atoms with van der Waals surface area (Å²) in [5, 5.41) is 2.81. The van der Waals surface area contributed by atoms with E-state index in [-0.39, 0.29) is 23.8 Å². The molecule has 0 aromatic heterocycles. The van der Waals surface area contributed by atoms with Crippen molar-refractivity contribution in [3.63, 3.8) is 0 Å². The van der Waals surface area contributed by atoms with E-state index in [1.165, 1.54) is 24.3 Å². The van der Waals surface area contributed by atoms with Crippen LogP contribution in [0.1, 0.15) is 11.1 Å². The number of fused-ring (bicyclic) bond motifs is 1. The molecule has 0 radical (unpaired) electrons. The minimum Gasteiger partial charge on any atom is -0.454 e. The van der Waals surface area contributed by atoms with Crippen molar-refractivity contribution < 1.29 is 27.4 Å². The molecule has 1 heterocycles. The van der Waals surface area contributed by atoms with Crippen molar-refractivity contribution in [3.8, 4) is 11.5 Å². The van der Waals surface area contributed by atoms with E-state index < -0.39 is 17.6 Å². The van der Waals surface area contributed by atoms with E-state index in [4.69, 9.17) is 21.1 Å². The fraction of sp³-hybridized carbons (Fsp3) is 0.188. The van der Waals surface area contributed by atoms with Gasteiger partial charge in [-0.1, -0.05) is 29.8 Å². The molecule has 0 aliphatic carbocycles. The third kappa shape index (κ3) is 3.56. The lowest BCUT2D eigenvalue weighted by Crippen LogP contribution is -2.15. The highest BCUT2D eigenvalue weighted by atomic mass is 35.5. The van der Waals surface area contributed by atoms with Gasteiger partial charge in [0.2, 0.25) is 12.7 Å². The summed E-state index contributed by atoms with van der Waals surface area (Å²) in [6.45, 7) is 0.0628. The molecule has 1 N–H and O–H groups in total. The van der Waals surface area contributed by atoms with Gasteiger partial charge in [0.05, 0.1) is 22.7 Å². The second-order valence-corrected chi connectivity index (χ2v) is 5.52. The molecular formula is C16H11ClF3NO3. The predicted molar refractivity (Wildman–Crippen MR) is 81.4 cm³/mol. The largest absolute Gasteiger partial charge is 0.454 e. The van der Waals surface area contributed by atoms with Gasteiger partial charge in [0.25, 0.3) is 0 Å². The molecule has 1 aliphatic heterocycles. The standard InChI is InChI=1S/C16H11ClF3NO3/c17-11-6-13-14(24-8-23-13)7-12(11)21-15(22)5-9-2-1-3-10(4-9)16(18,19)20/h1-4,6-7H,5,8H2,(H,21,22). The Bertz CT molecular complexity index is 793. The Kier molecular flexibility index (Phi) is 4.28. The third-order valence-electron chi connectivity index (χ3n) is 3.36. The summed E-state index contributed by atoms with van der Waals surface area (Å²) in [6.07, 6.45) is -4.66. The van der Waals surface area contributed by atoms with Crippen LogP contribution in [0, 0.1) is 0 Å². The summed E-state index contributed by atoms with van der Waals surface area (Å²) in [7, 11) is 0. The van der Waals surface area contributed by atoms with Crippen LogP contribution >= 0.6 is 11.6 Å². The number of carbonyl (C=O) groups excluding carboxylic acids is 1. The van der Waals surface area contributed by atoms with E-state index in [9.17, 15) is 18.0 Å². The third-order valence-corrected chi connectivity index (χ3v) is 3.67. The maximum Gasteiger partial charge on any atom is 0.416 e. The molecule has 0 atom stereocenters. The summed E-state index contributed by atoms with van der Waals surface area (Å²) in [4.78, 5) is 12.1. The first-order valence-corrected chi connectivity index (χ1v) is 7.26. The molecule has 4 nitrogen and oxygen atoms in total. The van der Waals surface area contributed by atoms with Gasteiger partial charge in [-0.2, -0.15) is 13.2 Å². The Labute approximate surface area is 140 Å². The molecule has 8 heteroatoms. The van der Waals surface area contributed by atoms with Crippen LogP contribution in [0.3, 0.4) is 0 Å². The fourth-order valence-corrected chi connectivity index (χ4v) is 2.45. The first-order valence-electron chi connectivity index (χ1n) is 6.88. The van der Waals surface area contributed by atoms with Crippen LogP contribution in [0.4, 0.5) is 18.9 Å². The second kappa shape index (κ2) is 6.24. The van der Waals surface area contributed by atoms with Gasteiger partial charge in [-0.05, 0) is 11.6 Å². The molecule has 2 aromatic carbocycles. The zero-order valence-electron chi connectivity index (χ0n) is 12.1. The minimum atomic E-state index is -4.45. The molecule has 1 aliphatic rings. The van der Waals surface area contributed by atoms with Gasteiger partial charge >= 0.3 is 6.18 Å². The van der Waals surface area contributed by atoms with E-state index in [0.717, 1.165) is 12.1 Å². The van der Waals surface area contributed by atoms with E-state index in [1.54, 1.807) is 0 Å². The van der Waals surface area contributed by atoms with Gasteiger partial charge in [-0.3, -0.25) is 4.79 Å². The van der Waals surface area contributed by atoms with Crippen molar-refractivity contribution in [2.45, 2.75) is 12.6 Å². The number of anilines is 1. The topological polar surface area (TPSA) is 47.6 Å². The van der Waals surface area contributed by atoms with E-state index in [2.05, 4.69) is 5.32 Å². The SMILES string of the molecule is O=C(Cc1cccc(C(F)(F)F)c1)Nc1cc2c(cc1Cl)OCO2. The highest BCUT2D eigenvalue weighted by molar-refractivity contribution is 6.34. The maximum atomic E-state index is 12.7. The monoisotopic (exact) mass is 357 g/mol. The number of nitrogens with one attached hydrogen (secondary N) is 1. The van der Waals surface area contributed by atoms with Crippen molar-refractivity contribution in [2.24, 2.45) is 0 Å². The zero-order chi connectivity index (χ0) is 17.3. The number of amides is 1. The van der Waals surface area contributed by atoms with Gasteiger partial charge in [-0.15, -0.1) is 0 Å². The van der Waals surface area contributed by atoms with Crippen LogP contribution in [-0.2, 0) is 17.4 Å². The Morgan fingerprint density at radius 3 is 2.58 bits per heavy atom. The number of halogens is 4. The van der Waals surface area contributed by atoms with Crippen LogP contribution < -0.4 is 14.8 Å². The normalized spacial score (nSPS) is 13.0. The average Bonchev–Trinajstić information content (AvgIpc) is 2.94. The molecule has 126 valence electrons. The number of hydrogen-bond donors (Lipinski definition) is 1. The van der Waals surface area contributed by atoms with E-state index in [0.29, 0.717) is 17.2 Å². The first-order chi connectivity index (χ1) is 11.3. The summed E-state index contributed by atoms with van der Waals surface area (Å²) < 4.78 is 48.4. The number of rotatable bonds is 3. The Hall–Kier alpha value is -2.41. The fourth-order valence-electron chi connectivity index (χ4n) is 2.25. The molecule has 0 saturated heterocycles. The molecule has 0 unspecified atom stereocenters. The van der Waals surface area contributed by atoms with Crippen molar-refractivity contribution in [1.82, 2.24) is 0 Å². The Balaban J connectivity index is 1.73. The zero-order valence-corrected chi connectivity index (χ0v) is 12.9. The van der Waals surface area contributed by atoms with E-state index >= 15 is 0 Å². The Morgan fingerprint density at radius 2 is 1.88 bits per heavy atom. The van der Waals surface area contributed by atoms with Gasteiger partial charge in [0.1, 0.15) is 0 Å². The molecule has 0 spiro atoms. The smallest absolute Gasteiger partial charge is 0.416 e.